The van der Waals surface area contributed by atoms with Gasteiger partial charge in [0.25, 0.3) is 0 Å². The van der Waals surface area contributed by atoms with Crippen LogP contribution in [0, 0.1) is 5.92 Å². The van der Waals surface area contributed by atoms with Crippen molar-refractivity contribution in [2.75, 3.05) is 10.6 Å². The molecule has 1 saturated carbocycles. The molecule has 0 bridgehead atoms. The zero-order valence-electron chi connectivity index (χ0n) is 13.0. The second-order valence-electron chi connectivity index (χ2n) is 5.62. The lowest BCUT2D eigenvalue weighted by Crippen LogP contribution is -2.20. The molecule has 0 atom stereocenters. The summed E-state index contributed by atoms with van der Waals surface area (Å²) in [5.41, 5.74) is 1.89. The van der Waals surface area contributed by atoms with Crippen LogP contribution < -0.4 is 10.6 Å². The van der Waals surface area contributed by atoms with Crippen molar-refractivity contribution < 1.29 is 9.59 Å². The third-order valence-corrected chi connectivity index (χ3v) is 3.72. The molecule has 1 aliphatic carbocycles. The summed E-state index contributed by atoms with van der Waals surface area (Å²) in [7, 11) is 0. The van der Waals surface area contributed by atoms with E-state index in [1.54, 1.807) is 6.20 Å². The van der Waals surface area contributed by atoms with Crippen molar-refractivity contribution >= 4 is 23.3 Å². The van der Waals surface area contributed by atoms with Crippen molar-refractivity contribution in [3.63, 3.8) is 0 Å². The molecule has 0 unspecified atom stereocenters. The highest BCUT2D eigenvalue weighted by atomic mass is 16.2. The van der Waals surface area contributed by atoms with Gasteiger partial charge in [0.15, 0.2) is 5.82 Å². The molecule has 0 radical (unpaired) electrons. The number of para-hydroxylation sites is 1. The highest BCUT2D eigenvalue weighted by Crippen LogP contribution is 2.29. The van der Waals surface area contributed by atoms with E-state index in [0.29, 0.717) is 5.82 Å². The van der Waals surface area contributed by atoms with E-state index in [2.05, 4.69) is 20.9 Å². The predicted molar refractivity (Wildman–Crippen MR) is 85.8 cm³/mol. The Morgan fingerprint density at radius 1 is 1.26 bits per heavy atom. The molecule has 7 heteroatoms. The van der Waals surface area contributed by atoms with Gasteiger partial charge in [-0.05, 0) is 30.9 Å². The third kappa shape index (κ3) is 3.94. The largest absolute Gasteiger partial charge is 0.324 e. The number of hydrogen-bond acceptors (Lipinski definition) is 4. The van der Waals surface area contributed by atoms with E-state index in [9.17, 15) is 9.59 Å². The molecule has 3 rings (SSSR count). The van der Waals surface area contributed by atoms with Crippen LogP contribution >= 0.6 is 0 Å². The average molecular weight is 313 g/mol. The Bertz CT molecular complexity index is 721. The molecule has 1 fully saturated rings. The van der Waals surface area contributed by atoms with Crippen LogP contribution in [0.5, 0.6) is 0 Å². The van der Waals surface area contributed by atoms with E-state index >= 15 is 0 Å². The topological polar surface area (TPSA) is 88.9 Å². The Balaban J connectivity index is 1.57. The van der Waals surface area contributed by atoms with Gasteiger partial charge in [0.2, 0.25) is 11.8 Å². The van der Waals surface area contributed by atoms with Gasteiger partial charge in [-0.1, -0.05) is 30.3 Å². The number of nitrogens with one attached hydrogen (secondary N) is 2. The van der Waals surface area contributed by atoms with Crippen LogP contribution in [0.25, 0.3) is 0 Å². The van der Waals surface area contributed by atoms with Crippen molar-refractivity contribution in [2.24, 2.45) is 5.92 Å². The van der Waals surface area contributed by atoms with Crippen LogP contribution in [0.3, 0.4) is 0 Å². The first-order valence-corrected chi connectivity index (χ1v) is 7.74. The molecule has 1 aliphatic rings. The zero-order valence-corrected chi connectivity index (χ0v) is 13.0. The second-order valence-corrected chi connectivity index (χ2v) is 5.62. The van der Waals surface area contributed by atoms with E-state index in [1.165, 1.54) is 4.68 Å². The summed E-state index contributed by atoms with van der Waals surface area (Å²) in [6.07, 6.45) is 4.27. The van der Waals surface area contributed by atoms with Gasteiger partial charge < -0.3 is 10.6 Å². The molecule has 23 heavy (non-hydrogen) atoms. The van der Waals surface area contributed by atoms with E-state index in [4.69, 9.17) is 0 Å². The van der Waals surface area contributed by atoms with Gasteiger partial charge in [0.1, 0.15) is 6.54 Å². The number of aryl methyl sites for hydroxylation is 1. The first-order chi connectivity index (χ1) is 11.2. The molecule has 2 aromatic rings. The summed E-state index contributed by atoms with van der Waals surface area (Å²) in [4.78, 5) is 23.8. The lowest BCUT2D eigenvalue weighted by molar-refractivity contribution is -0.117. The summed E-state index contributed by atoms with van der Waals surface area (Å²) in [5.74, 6) is 0.270. The number of amides is 2. The van der Waals surface area contributed by atoms with Gasteiger partial charge in [-0.15, -0.1) is 5.10 Å². The van der Waals surface area contributed by atoms with Gasteiger partial charge in [-0.25, -0.2) is 4.68 Å². The van der Waals surface area contributed by atoms with Crippen LogP contribution in [0.4, 0.5) is 11.5 Å². The summed E-state index contributed by atoms with van der Waals surface area (Å²) < 4.78 is 1.41. The minimum atomic E-state index is -0.184. The fourth-order valence-electron chi connectivity index (χ4n) is 2.29. The van der Waals surface area contributed by atoms with Crippen molar-refractivity contribution in [1.29, 1.82) is 0 Å². The molecule has 1 heterocycles. The Morgan fingerprint density at radius 2 is 2.04 bits per heavy atom. The van der Waals surface area contributed by atoms with Gasteiger partial charge in [0, 0.05) is 11.6 Å². The van der Waals surface area contributed by atoms with E-state index in [1.807, 2.05) is 31.2 Å². The van der Waals surface area contributed by atoms with Crippen LogP contribution in [-0.4, -0.2) is 26.8 Å². The minimum absolute atomic E-state index is 0.0293. The van der Waals surface area contributed by atoms with Crippen molar-refractivity contribution in [2.45, 2.75) is 32.7 Å². The number of carbonyl (C=O) groups is 2. The maximum atomic E-state index is 12.1. The predicted octanol–water partition coefficient (Wildman–Crippen LogP) is 1.83. The maximum absolute atomic E-state index is 12.1. The smallest absolute Gasteiger partial charge is 0.246 e. The summed E-state index contributed by atoms with van der Waals surface area (Å²) >= 11 is 0. The van der Waals surface area contributed by atoms with E-state index in [-0.39, 0.29) is 24.3 Å². The molecular weight excluding hydrogens is 294 g/mol. The highest BCUT2D eigenvalue weighted by Gasteiger charge is 2.30. The number of anilines is 2. The SMILES string of the molecule is CCc1ccccc1NC(=O)Cn1cc(NC(=O)C2CC2)nn1. The van der Waals surface area contributed by atoms with Crippen LogP contribution in [0.15, 0.2) is 30.5 Å². The molecule has 0 aliphatic heterocycles. The lowest BCUT2D eigenvalue weighted by Gasteiger charge is -2.09. The van der Waals surface area contributed by atoms with Gasteiger partial charge in [0.05, 0.1) is 6.20 Å². The molecule has 0 spiro atoms. The number of benzene rings is 1. The maximum Gasteiger partial charge on any atom is 0.246 e. The average Bonchev–Trinajstić information content (AvgIpc) is 3.30. The normalized spacial score (nSPS) is 13.6. The number of aromatic nitrogens is 3. The molecule has 1 aromatic carbocycles. The fourth-order valence-corrected chi connectivity index (χ4v) is 2.29. The number of carbonyl (C=O) groups excluding carboxylic acids is 2. The Hall–Kier alpha value is -2.70. The van der Waals surface area contributed by atoms with E-state index < -0.39 is 0 Å². The van der Waals surface area contributed by atoms with Crippen molar-refractivity contribution in [1.82, 2.24) is 15.0 Å². The highest BCUT2D eigenvalue weighted by molar-refractivity contribution is 5.93. The van der Waals surface area contributed by atoms with Crippen molar-refractivity contribution in [3.8, 4) is 0 Å². The number of rotatable bonds is 6. The van der Waals surface area contributed by atoms with Crippen molar-refractivity contribution in [3.05, 3.63) is 36.0 Å². The van der Waals surface area contributed by atoms with Crippen LogP contribution in [0.1, 0.15) is 25.3 Å². The number of hydrogen-bond donors (Lipinski definition) is 2. The second kappa shape index (κ2) is 6.60. The summed E-state index contributed by atoms with van der Waals surface area (Å²) in [6, 6.07) is 7.69. The fraction of sp³-hybridized carbons (Fsp3) is 0.375. The van der Waals surface area contributed by atoms with Gasteiger partial charge in [-0.3, -0.25) is 9.59 Å². The Labute approximate surface area is 134 Å². The lowest BCUT2D eigenvalue weighted by atomic mass is 10.1. The molecule has 7 nitrogen and oxygen atoms in total. The first kappa shape index (κ1) is 15.2. The summed E-state index contributed by atoms with van der Waals surface area (Å²) in [6.45, 7) is 2.08. The molecule has 2 amide bonds. The molecule has 120 valence electrons. The van der Waals surface area contributed by atoms with Crippen LogP contribution in [0.2, 0.25) is 0 Å². The zero-order chi connectivity index (χ0) is 16.2. The molecular formula is C16H19N5O2. The first-order valence-electron chi connectivity index (χ1n) is 7.74. The molecule has 2 N–H and O–H groups in total. The van der Waals surface area contributed by atoms with Gasteiger partial charge in [-0.2, -0.15) is 0 Å². The van der Waals surface area contributed by atoms with Crippen LogP contribution in [-0.2, 0) is 22.6 Å². The quantitative estimate of drug-likeness (QED) is 0.851. The molecule has 1 aromatic heterocycles. The monoisotopic (exact) mass is 313 g/mol. The summed E-state index contributed by atoms with van der Waals surface area (Å²) in [5, 5.41) is 13.3. The Kier molecular flexibility index (Phi) is 4.36. The minimum Gasteiger partial charge on any atom is -0.324 e. The number of nitrogens with zero attached hydrogens (tertiary/aromatic N) is 3. The van der Waals surface area contributed by atoms with E-state index in [0.717, 1.165) is 30.5 Å². The van der Waals surface area contributed by atoms with Gasteiger partial charge >= 0.3 is 0 Å². The Morgan fingerprint density at radius 3 is 2.78 bits per heavy atom. The standard InChI is InChI=1S/C16H19N5O2/c1-2-11-5-3-4-6-13(11)17-15(22)10-21-9-14(19-20-21)18-16(23)12-7-8-12/h3-6,9,12H,2,7-8,10H2,1H3,(H,17,22)(H,18,23). The molecule has 0 saturated heterocycles. The third-order valence-electron chi connectivity index (χ3n) is 3.72.